The molecule has 0 spiro atoms. The summed E-state index contributed by atoms with van der Waals surface area (Å²) in [6.45, 7) is 0.459. The van der Waals surface area contributed by atoms with E-state index in [1.165, 1.54) is 24.0 Å². The number of urea groups is 1. The van der Waals surface area contributed by atoms with E-state index in [-0.39, 0.29) is 5.91 Å². The van der Waals surface area contributed by atoms with Crippen molar-refractivity contribution in [3.63, 3.8) is 0 Å². The van der Waals surface area contributed by atoms with Crippen LogP contribution in [0.4, 0.5) is 10.5 Å². The lowest BCUT2D eigenvalue weighted by Crippen LogP contribution is -2.24. The quantitative estimate of drug-likeness (QED) is 0.784. The SMILES string of the molecule is NC(=O)Nc1ccc(CNC(=O)Cc2ccc3c(c2)CCCC3)cc1. The molecule has 2 aromatic rings. The Bertz CT molecular complexity index is 769. The van der Waals surface area contributed by atoms with Crippen LogP contribution in [0.25, 0.3) is 0 Å². The van der Waals surface area contributed by atoms with E-state index in [4.69, 9.17) is 5.73 Å². The second-order valence-electron chi connectivity index (χ2n) is 6.45. The van der Waals surface area contributed by atoms with Gasteiger partial charge in [0, 0.05) is 12.2 Å². The van der Waals surface area contributed by atoms with E-state index in [1.54, 1.807) is 12.1 Å². The summed E-state index contributed by atoms with van der Waals surface area (Å²) in [6.07, 6.45) is 5.18. The van der Waals surface area contributed by atoms with Gasteiger partial charge in [-0.3, -0.25) is 4.79 Å². The Balaban J connectivity index is 1.52. The Morgan fingerprint density at radius 1 is 0.920 bits per heavy atom. The zero-order valence-corrected chi connectivity index (χ0v) is 14.2. The van der Waals surface area contributed by atoms with Crippen LogP contribution in [-0.2, 0) is 30.6 Å². The number of fused-ring (bicyclic) bond motifs is 1. The van der Waals surface area contributed by atoms with E-state index in [1.807, 2.05) is 12.1 Å². The van der Waals surface area contributed by atoms with Crippen LogP contribution < -0.4 is 16.4 Å². The molecule has 0 saturated carbocycles. The van der Waals surface area contributed by atoms with Gasteiger partial charge in [0.25, 0.3) is 0 Å². The predicted molar refractivity (Wildman–Crippen MR) is 98.3 cm³/mol. The van der Waals surface area contributed by atoms with E-state index in [0.717, 1.165) is 24.0 Å². The number of primary amides is 1. The molecule has 3 rings (SSSR count). The highest BCUT2D eigenvalue weighted by Gasteiger charge is 2.11. The van der Waals surface area contributed by atoms with Crippen molar-refractivity contribution in [3.05, 3.63) is 64.7 Å². The molecule has 5 nitrogen and oxygen atoms in total. The highest BCUT2D eigenvalue weighted by Crippen LogP contribution is 2.22. The second-order valence-corrected chi connectivity index (χ2v) is 6.45. The van der Waals surface area contributed by atoms with Gasteiger partial charge >= 0.3 is 6.03 Å². The Morgan fingerprint density at radius 2 is 1.60 bits per heavy atom. The molecule has 0 aromatic heterocycles. The number of hydrogen-bond donors (Lipinski definition) is 3. The lowest BCUT2D eigenvalue weighted by atomic mass is 9.90. The summed E-state index contributed by atoms with van der Waals surface area (Å²) in [7, 11) is 0. The number of anilines is 1. The van der Waals surface area contributed by atoms with Gasteiger partial charge in [0.2, 0.25) is 5.91 Å². The Labute approximate surface area is 147 Å². The molecule has 1 aliphatic carbocycles. The third-order valence-electron chi connectivity index (χ3n) is 4.49. The summed E-state index contributed by atoms with van der Waals surface area (Å²) in [5.41, 5.74) is 10.6. The van der Waals surface area contributed by atoms with Gasteiger partial charge in [0.15, 0.2) is 0 Å². The van der Waals surface area contributed by atoms with Crippen molar-refractivity contribution in [1.82, 2.24) is 5.32 Å². The molecule has 0 aliphatic heterocycles. The summed E-state index contributed by atoms with van der Waals surface area (Å²) in [6, 6.07) is 13.0. The van der Waals surface area contributed by atoms with Crippen LogP contribution in [0.3, 0.4) is 0 Å². The van der Waals surface area contributed by atoms with Gasteiger partial charge in [-0.2, -0.15) is 0 Å². The maximum Gasteiger partial charge on any atom is 0.316 e. The number of carbonyl (C=O) groups is 2. The first-order valence-electron chi connectivity index (χ1n) is 8.63. The lowest BCUT2D eigenvalue weighted by Gasteiger charge is -2.16. The fraction of sp³-hybridized carbons (Fsp3) is 0.300. The first kappa shape index (κ1) is 17.0. The van der Waals surface area contributed by atoms with Crippen LogP contribution in [0, 0.1) is 0 Å². The molecular weight excluding hydrogens is 314 g/mol. The first-order chi connectivity index (χ1) is 12.1. The largest absolute Gasteiger partial charge is 0.352 e. The number of amides is 3. The van der Waals surface area contributed by atoms with E-state index in [0.29, 0.717) is 18.7 Å². The Kier molecular flexibility index (Phi) is 5.33. The molecule has 5 heteroatoms. The van der Waals surface area contributed by atoms with Crippen molar-refractivity contribution in [2.75, 3.05) is 5.32 Å². The highest BCUT2D eigenvalue weighted by molar-refractivity contribution is 5.87. The van der Waals surface area contributed by atoms with Gasteiger partial charge < -0.3 is 16.4 Å². The monoisotopic (exact) mass is 337 g/mol. The van der Waals surface area contributed by atoms with Gasteiger partial charge in [-0.15, -0.1) is 0 Å². The molecule has 0 atom stereocenters. The van der Waals surface area contributed by atoms with Gasteiger partial charge in [-0.1, -0.05) is 30.3 Å². The number of rotatable bonds is 5. The van der Waals surface area contributed by atoms with Crippen LogP contribution in [-0.4, -0.2) is 11.9 Å². The van der Waals surface area contributed by atoms with Crippen molar-refractivity contribution >= 4 is 17.6 Å². The summed E-state index contributed by atoms with van der Waals surface area (Å²) < 4.78 is 0. The molecule has 3 amide bonds. The molecule has 2 aromatic carbocycles. The zero-order valence-electron chi connectivity index (χ0n) is 14.2. The molecule has 0 radical (unpaired) electrons. The zero-order chi connectivity index (χ0) is 17.6. The minimum absolute atomic E-state index is 0.00935. The second kappa shape index (κ2) is 7.83. The van der Waals surface area contributed by atoms with Gasteiger partial charge in [-0.25, -0.2) is 4.79 Å². The fourth-order valence-corrected chi connectivity index (χ4v) is 3.19. The minimum Gasteiger partial charge on any atom is -0.352 e. The third-order valence-corrected chi connectivity index (χ3v) is 4.49. The van der Waals surface area contributed by atoms with Crippen molar-refractivity contribution in [2.45, 2.75) is 38.6 Å². The number of hydrogen-bond acceptors (Lipinski definition) is 2. The number of carbonyl (C=O) groups excluding carboxylic acids is 2. The minimum atomic E-state index is -0.592. The van der Waals surface area contributed by atoms with E-state index in [2.05, 4.69) is 28.8 Å². The molecule has 0 fully saturated rings. The molecule has 1 aliphatic rings. The maximum atomic E-state index is 12.2. The predicted octanol–water partition coefficient (Wildman–Crippen LogP) is 2.91. The first-order valence-corrected chi connectivity index (χ1v) is 8.63. The number of aryl methyl sites for hydroxylation is 2. The van der Waals surface area contributed by atoms with Crippen LogP contribution >= 0.6 is 0 Å². The van der Waals surface area contributed by atoms with E-state index >= 15 is 0 Å². The smallest absolute Gasteiger partial charge is 0.316 e. The highest BCUT2D eigenvalue weighted by atomic mass is 16.2. The van der Waals surface area contributed by atoms with Gasteiger partial charge in [-0.05, 0) is 60.1 Å². The summed E-state index contributed by atoms with van der Waals surface area (Å²) in [5.74, 6) is 0.00935. The molecule has 0 unspecified atom stereocenters. The van der Waals surface area contributed by atoms with Crippen LogP contribution in [0.2, 0.25) is 0 Å². The molecule has 0 heterocycles. The Hall–Kier alpha value is -2.82. The molecule has 25 heavy (non-hydrogen) atoms. The average molecular weight is 337 g/mol. The molecule has 0 saturated heterocycles. The van der Waals surface area contributed by atoms with Crippen LogP contribution in [0.5, 0.6) is 0 Å². The van der Waals surface area contributed by atoms with E-state index < -0.39 is 6.03 Å². The lowest BCUT2D eigenvalue weighted by molar-refractivity contribution is -0.120. The maximum absolute atomic E-state index is 12.2. The van der Waals surface area contributed by atoms with E-state index in [9.17, 15) is 9.59 Å². The summed E-state index contributed by atoms with van der Waals surface area (Å²) >= 11 is 0. The van der Waals surface area contributed by atoms with Crippen LogP contribution in [0.15, 0.2) is 42.5 Å². The fourth-order valence-electron chi connectivity index (χ4n) is 3.19. The number of nitrogens with one attached hydrogen (secondary N) is 2. The summed E-state index contributed by atoms with van der Waals surface area (Å²) in [5, 5.41) is 5.44. The molecular formula is C20H23N3O2. The van der Waals surface area contributed by atoms with Crippen molar-refractivity contribution < 1.29 is 9.59 Å². The normalized spacial score (nSPS) is 13.0. The Morgan fingerprint density at radius 3 is 2.32 bits per heavy atom. The van der Waals surface area contributed by atoms with Crippen LogP contribution in [0.1, 0.15) is 35.1 Å². The summed E-state index contributed by atoms with van der Waals surface area (Å²) in [4.78, 5) is 23.0. The van der Waals surface area contributed by atoms with Crippen molar-refractivity contribution in [1.29, 1.82) is 0 Å². The topological polar surface area (TPSA) is 84.2 Å². The van der Waals surface area contributed by atoms with Crippen molar-refractivity contribution in [3.8, 4) is 0 Å². The number of benzene rings is 2. The standard InChI is InChI=1S/C20H23N3O2/c21-20(25)23-18-9-6-14(7-10-18)13-22-19(24)12-15-5-8-16-3-1-2-4-17(16)11-15/h5-11H,1-4,12-13H2,(H,22,24)(H3,21,23,25). The molecule has 130 valence electrons. The molecule has 4 N–H and O–H groups in total. The van der Waals surface area contributed by atoms with Crippen molar-refractivity contribution in [2.24, 2.45) is 5.73 Å². The van der Waals surface area contributed by atoms with Gasteiger partial charge in [0.05, 0.1) is 6.42 Å². The molecule has 0 bridgehead atoms. The average Bonchev–Trinajstić information content (AvgIpc) is 2.60. The van der Waals surface area contributed by atoms with Gasteiger partial charge in [0.1, 0.15) is 0 Å². The number of nitrogens with two attached hydrogens (primary N) is 1. The third kappa shape index (κ3) is 4.83.